The highest BCUT2D eigenvalue weighted by Crippen LogP contribution is 2.40. The highest BCUT2D eigenvalue weighted by molar-refractivity contribution is 6.15. The highest BCUT2D eigenvalue weighted by Gasteiger charge is 2.49. The van der Waals surface area contributed by atoms with Crippen molar-refractivity contribution in [2.75, 3.05) is 19.5 Å². The van der Waals surface area contributed by atoms with Gasteiger partial charge in [-0.05, 0) is 24.6 Å². The molecule has 7 nitrogen and oxygen atoms in total. The molecule has 0 bridgehead atoms. The number of benzene rings is 1. The van der Waals surface area contributed by atoms with Gasteiger partial charge < -0.3 is 9.26 Å². The molecule has 1 aromatic carbocycles. The average Bonchev–Trinajstić information content (AvgIpc) is 3.43. The van der Waals surface area contributed by atoms with Crippen LogP contribution in [0, 0.1) is 0 Å². The van der Waals surface area contributed by atoms with Crippen LogP contribution in [0.4, 0.5) is 22.0 Å². The van der Waals surface area contributed by atoms with Crippen molar-refractivity contribution < 1.29 is 35.8 Å². The van der Waals surface area contributed by atoms with Gasteiger partial charge >= 0.3 is 12.1 Å². The Morgan fingerprint density at radius 1 is 1.17 bits per heavy atom. The first-order valence-electron chi connectivity index (χ1n) is 11.6. The molecule has 0 radical (unpaired) electrons. The maximum atomic E-state index is 13.9. The molecule has 1 saturated heterocycles. The lowest BCUT2D eigenvalue weighted by Crippen LogP contribution is -2.36. The first-order chi connectivity index (χ1) is 17.0. The molecule has 0 saturated carbocycles. The fraction of sp³-hybridized carbons (Fsp3) is 0.609. The Morgan fingerprint density at radius 3 is 2.47 bits per heavy atom. The van der Waals surface area contributed by atoms with E-state index in [4.69, 9.17) is 20.7 Å². The lowest BCUT2D eigenvalue weighted by atomic mass is 10.1. The first kappa shape index (κ1) is 29.6. The van der Waals surface area contributed by atoms with Crippen molar-refractivity contribution in [3.63, 3.8) is 0 Å². The van der Waals surface area contributed by atoms with Crippen LogP contribution in [0.1, 0.15) is 69.4 Å². The van der Waals surface area contributed by atoms with E-state index in [2.05, 4.69) is 28.7 Å². The number of nitrogens with two attached hydrogens (primary N) is 2. The summed E-state index contributed by atoms with van der Waals surface area (Å²) in [6, 6.07) is 2.34. The Balaban J connectivity index is 0.00000222. The maximum Gasteiger partial charge on any atom is 0.419 e. The third-order valence-electron chi connectivity index (χ3n) is 5.63. The van der Waals surface area contributed by atoms with Gasteiger partial charge in [-0.25, -0.2) is 13.4 Å². The van der Waals surface area contributed by atoms with Gasteiger partial charge in [0.2, 0.25) is 5.82 Å². The van der Waals surface area contributed by atoms with Gasteiger partial charge in [0.05, 0.1) is 18.6 Å². The summed E-state index contributed by atoms with van der Waals surface area (Å²) in [5.74, 6) is -4.10. The number of aromatic nitrogens is 2. The van der Waals surface area contributed by atoms with Crippen molar-refractivity contribution in [1.82, 2.24) is 10.1 Å². The van der Waals surface area contributed by atoms with Gasteiger partial charge in [-0.1, -0.05) is 44.2 Å². The first-order valence-corrected chi connectivity index (χ1v) is 12.4. The van der Waals surface area contributed by atoms with Crippen LogP contribution in [-0.2, 0) is 6.18 Å². The molecule has 1 aromatic heterocycles. The summed E-state index contributed by atoms with van der Waals surface area (Å²) in [4.78, 5) is 4.04. The standard InChI is InChI=1S/C22H28F5N5O2.CH3Cl/c1-2-3-4-5-6-7-10-33-17-9-8-14(11-15(17)22(25,26)27)18-30-19(34-31-18)16-12-21(23,24)13-32(16)20(28)29;1-2/h8-9,11,16H,2-7,10,12-13H2,1H3,(H3,28,29);1H3/p+1. The molecule has 1 aliphatic heterocycles. The van der Waals surface area contributed by atoms with E-state index in [9.17, 15) is 22.0 Å². The number of ether oxygens (including phenoxy) is 1. The van der Waals surface area contributed by atoms with Crippen LogP contribution in [-0.4, -0.2) is 46.1 Å². The van der Waals surface area contributed by atoms with Crippen LogP contribution >= 0.6 is 11.6 Å². The van der Waals surface area contributed by atoms with E-state index in [1.807, 2.05) is 0 Å². The fourth-order valence-corrected chi connectivity index (χ4v) is 3.88. The van der Waals surface area contributed by atoms with Gasteiger partial charge in [0.25, 0.3) is 11.8 Å². The van der Waals surface area contributed by atoms with Gasteiger partial charge in [0, 0.05) is 11.9 Å². The summed E-state index contributed by atoms with van der Waals surface area (Å²) >= 11 is 4.64. The summed E-state index contributed by atoms with van der Waals surface area (Å²) in [7, 11) is 0. The molecule has 4 N–H and O–H groups in total. The molecule has 202 valence electrons. The largest absolute Gasteiger partial charge is 0.493 e. The summed E-state index contributed by atoms with van der Waals surface area (Å²) in [6.45, 7) is 1.56. The second-order valence-electron chi connectivity index (χ2n) is 8.41. The summed E-state index contributed by atoms with van der Waals surface area (Å²) in [5, 5.41) is 3.68. The van der Waals surface area contributed by atoms with E-state index in [0.29, 0.717) is 6.42 Å². The molecule has 36 heavy (non-hydrogen) atoms. The van der Waals surface area contributed by atoms with Crippen LogP contribution in [0.25, 0.3) is 11.4 Å². The maximum absolute atomic E-state index is 13.9. The molecule has 2 aromatic rings. The predicted octanol–water partition coefficient (Wildman–Crippen LogP) is 5.72. The van der Waals surface area contributed by atoms with Gasteiger partial charge in [0.1, 0.15) is 12.3 Å². The van der Waals surface area contributed by atoms with Gasteiger partial charge in [-0.2, -0.15) is 18.2 Å². The zero-order valence-electron chi connectivity index (χ0n) is 20.3. The number of nitrogens with zero attached hydrogens (tertiary/aromatic N) is 3. The Bertz CT molecular complexity index is 1010. The van der Waals surface area contributed by atoms with E-state index in [1.165, 1.54) is 18.5 Å². The van der Waals surface area contributed by atoms with Crippen LogP contribution < -0.4 is 16.2 Å². The lowest BCUT2D eigenvalue weighted by molar-refractivity contribution is -0.561. The number of halogens is 6. The van der Waals surface area contributed by atoms with Gasteiger partial charge in [-0.15, -0.1) is 11.6 Å². The fourth-order valence-electron chi connectivity index (χ4n) is 3.88. The predicted molar refractivity (Wildman–Crippen MR) is 126 cm³/mol. The zero-order valence-corrected chi connectivity index (χ0v) is 21.0. The van der Waals surface area contributed by atoms with Crippen molar-refractivity contribution in [3.8, 4) is 17.1 Å². The molecule has 13 heteroatoms. The normalized spacial score (nSPS) is 17.0. The Kier molecular flexibility index (Phi) is 10.7. The molecule has 2 heterocycles. The third-order valence-corrected chi connectivity index (χ3v) is 5.63. The van der Waals surface area contributed by atoms with Crippen molar-refractivity contribution in [3.05, 3.63) is 29.7 Å². The van der Waals surface area contributed by atoms with E-state index < -0.39 is 36.7 Å². The second-order valence-corrected chi connectivity index (χ2v) is 8.41. The molecular formula is C23H32ClF5N5O2+. The van der Waals surface area contributed by atoms with Crippen molar-refractivity contribution in [2.45, 2.75) is 70.0 Å². The minimum Gasteiger partial charge on any atom is -0.493 e. The monoisotopic (exact) mass is 540 g/mol. The van der Waals surface area contributed by atoms with Crippen LogP contribution in [0.15, 0.2) is 22.7 Å². The number of rotatable bonds is 10. The quantitative estimate of drug-likeness (QED) is 0.131. The van der Waals surface area contributed by atoms with Crippen LogP contribution in [0.2, 0.25) is 0 Å². The molecule has 1 unspecified atom stereocenters. The molecule has 0 aliphatic carbocycles. The lowest BCUT2D eigenvalue weighted by Gasteiger charge is -2.14. The molecule has 0 spiro atoms. The Morgan fingerprint density at radius 2 is 1.83 bits per heavy atom. The smallest absolute Gasteiger partial charge is 0.419 e. The molecule has 1 fully saturated rings. The van der Waals surface area contributed by atoms with Gasteiger partial charge in [-0.3, -0.25) is 11.5 Å². The number of hydrogen-bond donors (Lipinski definition) is 2. The van der Waals surface area contributed by atoms with E-state index in [1.54, 1.807) is 0 Å². The minimum atomic E-state index is -4.67. The van der Waals surface area contributed by atoms with Crippen molar-refractivity contribution in [1.29, 1.82) is 0 Å². The molecule has 1 atom stereocenters. The summed E-state index contributed by atoms with van der Waals surface area (Å²) in [6.07, 6.45) is 2.03. The number of alkyl halides is 6. The summed E-state index contributed by atoms with van der Waals surface area (Å²) in [5.41, 5.74) is 10.0. The van der Waals surface area contributed by atoms with Crippen LogP contribution in [0.3, 0.4) is 0 Å². The zero-order chi connectivity index (χ0) is 26.9. The molecule has 1 aliphatic rings. The van der Waals surface area contributed by atoms with E-state index >= 15 is 0 Å². The SMILES string of the molecule is CCCCCCCCOc1ccc(-c2noc(C3CC(F)(F)C[N+]3=C(N)N)n2)cc1C(F)(F)F.CCl. The van der Waals surface area contributed by atoms with Crippen LogP contribution in [0.5, 0.6) is 5.75 Å². The highest BCUT2D eigenvalue weighted by atomic mass is 35.5. The number of hydrogen-bond acceptors (Lipinski definition) is 4. The van der Waals surface area contributed by atoms with Crippen molar-refractivity contribution >= 4 is 17.6 Å². The topological polar surface area (TPSA) is 103 Å². The Labute approximate surface area is 211 Å². The minimum absolute atomic E-state index is 0.00949. The number of guanidine groups is 1. The molecule has 3 rings (SSSR count). The molecular weight excluding hydrogens is 509 g/mol. The second kappa shape index (κ2) is 13.1. The van der Waals surface area contributed by atoms with Gasteiger partial charge in [0.15, 0.2) is 6.04 Å². The van der Waals surface area contributed by atoms with Crippen molar-refractivity contribution in [2.24, 2.45) is 11.5 Å². The average molecular weight is 541 g/mol. The van der Waals surface area contributed by atoms with E-state index in [0.717, 1.165) is 42.7 Å². The number of unbranched alkanes of at least 4 members (excludes halogenated alkanes) is 5. The summed E-state index contributed by atoms with van der Waals surface area (Å²) < 4.78 is 80.2. The Hall–Kier alpha value is -2.63. The molecule has 0 amide bonds. The van der Waals surface area contributed by atoms with E-state index in [-0.39, 0.29) is 35.6 Å². The third kappa shape index (κ3) is 7.94.